The topological polar surface area (TPSA) is 12.0 Å². The lowest BCUT2D eigenvalue weighted by Gasteiger charge is -2.42. The summed E-state index contributed by atoms with van der Waals surface area (Å²) in [4.78, 5) is 4.14. The highest BCUT2D eigenvalue weighted by molar-refractivity contribution is 6.95. The summed E-state index contributed by atoms with van der Waals surface area (Å²) in [5.41, 5.74) is 3.58. The van der Waals surface area contributed by atoms with Gasteiger partial charge in [0.05, 0.1) is 0 Å². The molecule has 0 aliphatic heterocycles. The molecule has 0 bridgehead atoms. The Morgan fingerprint density at radius 3 is 1.77 bits per heavy atom. The van der Waals surface area contributed by atoms with E-state index in [1.165, 1.54) is 5.19 Å². The minimum Gasteiger partial charge on any atom is -0.326 e. The van der Waals surface area contributed by atoms with Crippen LogP contribution in [0.25, 0.3) is 0 Å². The van der Waals surface area contributed by atoms with E-state index in [0.29, 0.717) is 0 Å². The van der Waals surface area contributed by atoms with E-state index < -0.39 is 8.24 Å². The molecule has 1 atom stereocenters. The van der Waals surface area contributed by atoms with E-state index in [4.69, 9.17) is 0 Å². The van der Waals surface area contributed by atoms with E-state index in [-0.39, 0.29) is 16.4 Å². The molecule has 2 rings (SSSR count). The van der Waals surface area contributed by atoms with E-state index in [1.807, 2.05) is 0 Å². The van der Waals surface area contributed by atoms with Crippen LogP contribution in [-0.4, -0.2) is 13.8 Å². The molecule has 0 saturated carbocycles. The molecule has 0 amide bonds. The standard InChI is InChI=1S/C24H39NSi/c1-22(2,3)19-16-17-20(23(4,5)6)21(19)26(10,25-24(7,8)9)18-14-12-11-13-15-18/h11-16,25H,17H2,1-10H3. The second-order valence-electron chi connectivity index (χ2n) is 11.0. The lowest BCUT2D eigenvalue weighted by Crippen LogP contribution is -2.66. The van der Waals surface area contributed by atoms with Crippen molar-refractivity contribution in [3.63, 3.8) is 0 Å². The molecule has 2 heteroatoms. The number of benzene rings is 1. The molecule has 144 valence electrons. The van der Waals surface area contributed by atoms with Crippen molar-refractivity contribution in [3.8, 4) is 0 Å². The molecule has 0 saturated heterocycles. The van der Waals surface area contributed by atoms with Crippen molar-refractivity contribution < 1.29 is 0 Å². The molecule has 26 heavy (non-hydrogen) atoms. The van der Waals surface area contributed by atoms with Crippen LogP contribution in [0.5, 0.6) is 0 Å². The highest BCUT2D eigenvalue weighted by Crippen LogP contribution is 2.47. The Balaban J connectivity index is 2.80. The van der Waals surface area contributed by atoms with Crippen molar-refractivity contribution in [2.24, 2.45) is 10.8 Å². The fourth-order valence-corrected chi connectivity index (χ4v) is 9.32. The smallest absolute Gasteiger partial charge is 0.187 e. The van der Waals surface area contributed by atoms with Gasteiger partial charge in [-0.05, 0) is 60.5 Å². The molecular weight excluding hydrogens is 330 g/mol. The molecule has 1 aliphatic rings. The van der Waals surface area contributed by atoms with Gasteiger partial charge in [-0.2, -0.15) is 0 Å². The zero-order valence-electron chi connectivity index (χ0n) is 18.7. The van der Waals surface area contributed by atoms with Gasteiger partial charge >= 0.3 is 0 Å². The first-order valence-electron chi connectivity index (χ1n) is 9.96. The van der Waals surface area contributed by atoms with Crippen molar-refractivity contribution in [1.82, 2.24) is 4.98 Å². The van der Waals surface area contributed by atoms with Gasteiger partial charge in [-0.25, -0.2) is 0 Å². The average molecular weight is 370 g/mol. The summed E-state index contributed by atoms with van der Waals surface area (Å²) < 4.78 is 0. The lowest BCUT2D eigenvalue weighted by atomic mass is 9.83. The minimum atomic E-state index is -2.11. The molecule has 0 heterocycles. The number of hydrogen-bond acceptors (Lipinski definition) is 1. The molecule has 1 aromatic carbocycles. The highest BCUT2D eigenvalue weighted by atomic mass is 28.3. The van der Waals surface area contributed by atoms with Gasteiger partial charge in [0, 0.05) is 5.54 Å². The molecule has 1 unspecified atom stereocenters. The van der Waals surface area contributed by atoms with Gasteiger partial charge in [0.2, 0.25) is 0 Å². The van der Waals surface area contributed by atoms with Crippen LogP contribution < -0.4 is 10.2 Å². The van der Waals surface area contributed by atoms with Crippen molar-refractivity contribution >= 4 is 13.4 Å². The Morgan fingerprint density at radius 1 is 0.808 bits per heavy atom. The second kappa shape index (κ2) is 6.80. The molecular formula is C24H39NSi. The number of allylic oxidation sites excluding steroid dienone is 4. The molecule has 0 spiro atoms. The van der Waals surface area contributed by atoms with Gasteiger partial charge < -0.3 is 4.98 Å². The van der Waals surface area contributed by atoms with Crippen molar-refractivity contribution in [1.29, 1.82) is 0 Å². The van der Waals surface area contributed by atoms with Gasteiger partial charge in [-0.3, -0.25) is 0 Å². The van der Waals surface area contributed by atoms with Gasteiger partial charge in [-0.15, -0.1) is 0 Å². The summed E-state index contributed by atoms with van der Waals surface area (Å²) in [6.45, 7) is 23.6. The summed E-state index contributed by atoms with van der Waals surface area (Å²) >= 11 is 0. The van der Waals surface area contributed by atoms with Crippen LogP contribution in [-0.2, 0) is 0 Å². The molecule has 0 aromatic heterocycles. The van der Waals surface area contributed by atoms with E-state index in [2.05, 4.69) is 110 Å². The largest absolute Gasteiger partial charge is 0.326 e. The van der Waals surface area contributed by atoms with E-state index in [0.717, 1.165) is 6.42 Å². The van der Waals surface area contributed by atoms with E-state index in [1.54, 1.807) is 16.3 Å². The van der Waals surface area contributed by atoms with Gasteiger partial charge in [0.15, 0.2) is 8.24 Å². The fraction of sp³-hybridized carbons (Fsp3) is 0.583. The van der Waals surface area contributed by atoms with Crippen LogP contribution in [0.4, 0.5) is 0 Å². The van der Waals surface area contributed by atoms with Gasteiger partial charge in [0.1, 0.15) is 0 Å². The Labute approximate surface area is 163 Å². The molecule has 1 nitrogen and oxygen atoms in total. The third kappa shape index (κ3) is 4.40. The maximum Gasteiger partial charge on any atom is 0.187 e. The SMILES string of the molecule is CC(C)(C)N[Si](C)(C1=C(C(C)(C)C)CC=C1C(C)(C)C)c1ccccc1. The third-order valence-corrected chi connectivity index (χ3v) is 9.58. The predicted molar refractivity (Wildman–Crippen MR) is 119 cm³/mol. The highest BCUT2D eigenvalue weighted by Gasteiger charge is 2.45. The predicted octanol–water partition coefficient (Wildman–Crippen LogP) is 6.12. The summed E-state index contributed by atoms with van der Waals surface area (Å²) in [6, 6.07) is 11.2. The molecule has 0 radical (unpaired) electrons. The summed E-state index contributed by atoms with van der Waals surface area (Å²) in [6.07, 6.45) is 3.60. The Hall–Kier alpha value is -1.12. The van der Waals surface area contributed by atoms with E-state index in [9.17, 15) is 0 Å². The maximum atomic E-state index is 4.14. The second-order valence-corrected chi connectivity index (χ2v) is 14.6. The average Bonchev–Trinajstić information content (AvgIpc) is 2.92. The quantitative estimate of drug-likeness (QED) is 0.633. The van der Waals surface area contributed by atoms with E-state index >= 15 is 0 Å². The normalized spacial score (nSPS) is 18.8. The molecule has 1 aromatic rings. The molecule has 1 aliphatic carbocycles. The first kappa shape index (κ1) is 21.2. The number of nitrogens with one attached hydrogen (secondary N) is 1. The zero-order chi connectivity index (χ0) is 20.0. The lowest BCUT2D eigenvalue weighted by molar-refractivity contribution is 0.485. The molecule has 1 N–H and O–H groups in total. The summed E-state index contributed by atoms with van der Waals surface area (Å²) in [5.74, 6) is 0. The van der Waals surface area contributed by atoms with Crippen molar-refractivity contribution in [2.75, 3.05) is 0 Å². The van der Waals surface area contributed by atoms with Crippen LogP contribution in [0.15, 0.2) is 52.8 Å². The first-order chi connectivity index (χ1) is 11.7. The van der Waals surface area contributed by atoms with Crippen LogP contribution in [0.3, 0.4) is 0 Å². The summed E-state index contributed by atoms with van der Waals surface area (Å²) in [7, 11) is -2.11. The summed E-state index contributed by atoms with van der Waals surface area (Å²) in [5, 5.41) is 3.11. The Morgan fingerprint density at radius 2 is 1.35 bits per heavy atom. The zero-order valence-corrected chi connectivity index (χ0v) is 19.7. The Bertz CT molecular complexity index is 705. The first-order valence-corrected chi connectivity index (χ1v) is 12.5. The van der Waals surface area contributed by atoms with Crippen molar-refractivity contribution in [2.45, 2.75) is 80.8 Å². The maximum absolute atomic E-state index is 4.14. The monoisotopic (exact) mass is 369 g/mol. The Kier molecular flexibility index (Phi) is 5.54. The number of hydrogen-bond donors (Lipinski definition) is 1. The van der Waals surface area contributed by atoms with Gasteiger partial charge in [-0.1, -0.05) is 83.5 Å². The van der Waals surface area contributed by atoms with Gasteiger partial charge in [0.25, 0.3) is 0 Å². The molecule has 0 fully saturated rings. The minimum absolute atomic E-state index is 0.0678. The van der Waals surface area contributed by atoms with Crippen LogP contribution in [0.2, 0.25) is 6.55 Å². The van der Waals surface area contributed by atoms with Crippen molar-refractivity contribution in [3.05, 3.63) is 52.8 Å². The third-order valence-electron chi connectivity index (χ3n) is 5.27. The van der Waals surface area contributed by atoms with Crippen LogP contribution >= 0.6 is 0 Å². The fourth-order valence-electron chi connectivity index (χ4n) is 4.30. The van der Waals surface area contributed by atoms with Crippen LogP contribution in [0.1, 0.15) is 68.7 Å². The van der Waals surface area contributed by atoms with Crippen LogP contribution in [0, 0.1) is 10.8 Å². The number of rotatable bonds is 3.